The lowest BCUT2D eigenvalue weighted by atomic mass is 10.1. The van der Waals surface area contributed by atoms with Gasteiger partial charge in [-0.05, 0) is 54.1 Å². The van der Waals surface area contributed by atoms with Crippen LogP contribution < -0.4 is 10.6 Å². The number of carbonyl (C=O) groups is 2. The van der Waals surface area contributed by atoms with Crippen molar-refractivity contribution in [2.75, 3.05) is 5.32 Å². The maximum Gasteiger partial charge on any atom is 0.255 e. The molecule has 0 saturated carbocycles. The molecule has 2 N–H and O–H groups in total. The molecule has 0 spiro atoms. The molecule has 0 atom stereocenters. The first-order chi connectivity index (χ1) is 12.6. The van der Waals surface area contributed by atoms with Crippen molar-refractivity contribution in [3.05, 3.63) is 101 Å². The predicted molar refractivity (Wildman–Crippen MR) is 103 cm³/mol. The average Bonchev–Trinajstić information content (AvgIpc) is 2.69. The van der Waals surface area contributed by atoms with Crippen molar-refractivity contribution in [1.82, 2.24) is 5.32 Å². The van der Waals surface area contributed by atoms with Crippen molar-refractivity contribution in [3.63, 3.8) is 0 Å². The molecule has 0 fully saturated rings. The lowest BCUT2D eigenvalue weighted by Crippen LogP contribution is -2.22. The van der Waals surface area contributed by atoms with E-state index in [1.54, 1.807) is 48.5 Å². The fourth-order valence-electron chi connectivity index (χ4n) is 2.38. The maximum atomic E-state index is 12.2. The number of benzene rings is 3. The van der Waals surface area contributed by atoms with Crippen LogP contribution >= 0.6 is 11.6 Å². The van der Waals surface area contributed by atoms with E-state index in [-0.39, 0.29) is 11.8 Å². The number of anilines is 1. The van der Waals surface area contributed by atoms with Gasteiger partial charge in [0.25, 0.3) is 11.8 Å². The summed E-state index contributed by atoms with van der Waals surface area (Å²) >= 11 is 5.83. The van der Waals surface area contributed by atoms with Crippen LogP contribution in [0.15, 0.2) is 78.9 Å². The number of rotatable bonds is 5. The van der Waals surface area contributed by atoms with Crippen LogP contribution in [0.2, 0.25) is 5.02 Å². The lowest BCUT2D eigenvalue weighted by Gasteiger charge is -2.08. The van der Waals surface area contributed by atoms with Gasteiger partial charge in [0.2, 0.25) is 0 Å². The van der Waals surface area contributed by atoms with Crippen LogP contribution in [0.1, 0.15) is 26.3 Å². The smallest absolute Gasteiger partial charge is 0.255 e. The largest absolute Gasteiger partial charge is 0.348 e. The summed E-state index contributed by atoms with van der Waals surface area (Å²) in [5, 5.41) is 6.28. The Labute approximate surface area is 156 Å². The summed E-state index contributed by atoms with van der Waals surface area (Å²) in [5.74, 6) is -0.331. The van der Waals surface area contributed by atoms with Gasteiger partial charge >= 0.3 is 0 Å². The SMILES string of the molecule is O=C(NCc1ccc(C(=O)Nc2ccc(Cl)cc2)cc1)c1ccccc1. The molecule has 0 aliphatic heterocycles. The molecule has 5 heteroatoms. The van der Waals surface area contributed by atoms with Crippen LogP contribution in [-0.2, 0) is 6.54 Å². The lowest BCUT2D eigenvalue weighted by molar-refractivity contribution is 0.0950. The van der Waals surface area contributed by atoms with Crippen molar-refractivity contribution >= 4 is 29.1 Å². The highest BCUT2D eigenvalue weighted by Crippen LogP contribution is 2.15. The Morgan fingerprint density at radius 1 is 0.731 bits per heavy atom. The van der Waals surface area contributed by atoms with Gasteiger partial charge in [0.1, 0.15) is 0 Å². The Kier molecular flexibility index (Phi) is 5.66. The first-order valence-corrected chi connectivity index (χ1v) is 8.49. The molecule has 0 radical (unpaired) electrons. The second-order valence-corrected chi connectivity index (χ2v) is 6.14. The minimum atomic E-state index is -0.202. The summed E-state index contributed by atoms with van der Waals surface area (Å²) in [7, 11) is 0. The average molecular weight is 365 g/mol. The predicted octanol–water partition coefficient (Wildman–Crippen LogP) is 4.52. The molecule has 0 aliphatic rings. The monoisotopic (exact) mass is 364 g/mol. The molecule has 0 saturated heterocycles. The molecule has 0 aliphatic carbocycles. The minimum Gasteiger partial charge on any atom is -0.348 e. The van der Waals surface area contributed by atoms with Crippen molar-refractivity contribution in [1.29, 1.82) is 0 Å². The third-order valence-corrected chi connectivity index (χ3v) is 4.06. The van der Waals surface area contributed by atoms with Gasteiger partial charge in [-0.1, -0.05) is 41.9 Å². The second kappa shape index (κ2) is 8.32. The van der Waals surface area contributed by atoms with E-state index in [0.29, 0.717) is 28.4 Å². The highest BCUT2D eigenvalue weighted by molar-refractivity contribution is 6.30. The fraction of sp³-hybridized carbons (Fsp3) is 0.0476. The van der Waals surface area contributed by atoms with E-state index >= 15 is 0 Å². The zero-order chi connectivity index (χ0) is 18.4. The molecule has 3 aromatic carbocycles. The zero-order valence-electron chi connectivity index (χ0n) is 13.9. The van der Waals surface area contributed by atoms with Crippen molar-refractivity contribution in [2.45, 2.75) is 6.54 Å². The van der Waals surface area contributed by atoms with Crippen LogP contribution in [0.25, 0.3) is 0 Å². The van der Waals surface area contributed by atoms with Crippen molar-refractivity contribution in [2.24, 2.45) is 0 Å². The Bertz CT molecular complexity index is 892. The number of amides is 2. The molecule has 0 bridgehead atoms. The molecule has 130 valence electrons. The normalized spacial score (nSPS) is 10.2. The Morgan fingerprint density at radius 2 is 1.35 bits per heavy atom. The van der Waals surface area contributed by atoms with Crippen LogP contribution in [0.4, 0.5) is 5.69 Å². The summed E-state index contributed by atoms with van der Waals surface area (Å²) in [4.78, 5) is 24.3. The molecule has 0 unspecified atom stereocenters. The molecule has 4 nitrogen and oxygen atoms in total. The number of carbonyl (C=O) groups excluding carboxylic acids is 2. The fourth-order valence-corrected chi connectivity index (χ4v) is 2.51. The molecule has 2 amide bonds. The Morgan fingerprint density at radius 3 is 2.00 bits per heavy atom. The summed E-state index contributed by atoms with van der Waals surface area (Å²) < 4.78 is 0. The quantitative estimate of drug-likeness (QED) is 0.699. The van der Waals surface area contributed by atoms with Gasteiger partial charge < -0.3 is 10.6 Å². The van der Waals surface area contributed by atoms with Crippen LogP contribution in [-0.4, -0.2) is 11.8 Å². The summed E-state index contributed by atoms with van der Waals surface area (Å²) in [6.07, 6.45) is 0. The number of hydrogen-bond donors (Lipinski definition) is 2. The van der Waals surface area contributed by atoms with Crippen LogP contribution in [0.3, 0.4) is 0 Å². The van der Waals surface area contributed by atoms with Gasteiger partial charge in [-0.25, -0.2) is 0 Å². The van der Waals surface area contributed by atoms with Gasteiger partial charge in [0.05, 0.1) is 0 Å². The van der Waals surface area contributed by atoms with E-state index in [1.165, 1.54) is 0 Å². The third kappa shape index (κ3) is 4.71. The van der Waals surface area contributed by atoms with Crippen molar-refractivity contribution < 1.29 is 9.59 Å². The Hall–Kier alpha value is -3.11. The molecule has 3 rings (SSSR count). The topological polar surface area (TPSA) is 58.2 Å². The van der Waals surface area contributed by atoms with E-state index in [1.807, 2.05) is 30.3 Å². The number of hydrogen-bond acceptors (Lipinski definition) is 2. The van der Waals surface area contributed by atoms with Crippen molar-refractivity contribution in [3.8, 4) is 0 Å². The van der Waals surface area contributed by atoms with E-state index < -0.39 is 0 Å². The van der Waals surface area contributed by atoms with Gasteiger partial charge in [-0.15, -0.1) is 0 Å². The third-order valence-electron chi connectivity index (χ3n) is 3.81. The van der Waals surface area contributed by atoms with Gasteiger partial charge in [-0.3, -0.25) is 9.59 Å². The number of halogens is 1. The van der Waals surface area contributed by atoms with Crippen LogP contribution in [0, 0.1) is 0 Å². The highest BCUT2D eigenvalue weighted by Gasteiger charge is 2.07. The second-order valence-electron chi connectivity index (χ2n) is 5.71. The molecule has 0 aromatic heterocycles. The first kappa shape index (κ1) is 17.7. The molecule has 26 heavy (non-hydrogen) atoms. The summed E-state index contributed by atoms with van der Waals surface area (Å²) in [5.41, 5.74) is 2.75. The first-order valence-electron chi connectivity index (χ1n) is 8.11. The standard InChI is InChI=1S/C21H17ClN2O2/c22-18-10-12-19(13-11-18)24-21(26)17-8-6-15(7-9-17)14-23-20(25)16-4-2-1-3-5-16/h1-13H,14H2,(H,23,25)(H,24,26). The molecular formula is C21H17ClN2O2. The number of nitrogens with one attached hydrogen (secondary N) is 2. The maximum absolute atomic E-state index is 12.2. The zero-order valence-corrected chi connectivity index (χ0v) is 14.7. The summed E-state index contributed by atoms with van der Waals surface area (Å²) in [6.45, 7) is 0.396. The molecule has 3 aromatic rings. The van der Waals surface area contributed by atoms with Gasteiger partial charge in [0.15, 0.2) is 0 Å². The van der Waals surface area contributed by atoms with E-state index in [2.05, 4.69) is 10.6 Å². The van der Waals surface area contributed by atoms with E-state index in [4.69, 9.17) is 11.6 Å². The molecular weight excluding hydrogens is 348 g/mol. The van der Waals surface area contributed by atoms with E-state index in [9.17, 15) is 9.59 Å². The van der Waals surface area contributed by atoms with Gasteiger partial charge in [0, 0.05) is 28.4 Å². The highest BCUT2D eigenvalue weighted by atomic mass is 35.5. The van der Waals surface area contributed by atoms with Gasteiger partial charge in [-0.2, -0.15) is 0 Å². The minimum absolute atomic E-state index is 0.129. The Balaban J connectivity index is 1.57. The molecule has 0 heterocycles. The van der Waals surface area contributed by atoms with E-state index in [0.717, 1.165) is 5.56 Å². The summed E-state index contributed by atoms with van der Waals surface area (Å²) in [6, 6.07) is 23.1. The van der Waals surface area contributed by atoms with Crippen LogP contribution in [0.5, 0.6) is 0 Å².